The van der Waals surface area contributed by atoms with Gasteiger partial charge < -0.3 is 19.4 Å². The maximum Gasteiger partial charge on any atom is 0.344 e. The molecule has 3 aromatic rings. The highest BCUT2D eigenvalue weighted by Crippen LogP contribution is 2.24. The van der Waals surface area contributed by atoms with Gasteiger partial charge in [0.05, 0.1) is 6.21 Å². The third-order valence-corrected chi connectivity index (χ3v) is 4.00. The maximum atomic E-state index is 13.1. The summed E-state index contributed by atoms with van der Waals surface area (Å²) in [5, 5.41) is 12.2. The molecule has 0 amide bonds. The fourth-order valence-electron chi connectivity index (χ4n) is 2.52. The van der Waals surface area contributed by atoms with E-state index in [1.165, 1.54) is 30.5 Å². The van der Waals surface area contributed by atoms with Gasteiger partial charge in [0, 0.05) is 11.6 Å². The minimum absolute atomic E-state index is 0.202. The van der Waals surface area contributed by atoms with Gasteiger partial charge in [-0.05, 0) is 47.5 Å². The molecule has 3 aromatic carbocycles. The van der Waals surface area contributed by atoms with Gasteiger partial charge in [0.2, 0.25) is 6.61 Å². The first-order chi connectivity index (χ1) is 15.0. The first-order valence-corrected chi connectivity index (χ1v) is 9.24. The Labute approximate surface area is 177 Å². The lowest BCUT2D eigenvalue weighted by Gasteiger charge is -2.11. The third-order valence-electron chi connectivity index (χ3n) is 4.00. The largest absolute Gasteiger partial charge is 0.489 e. The van der Waals surface area contributed by atoms with Gasteiger partial charge in [-0.1, -0.05) is 29.4 Å². The van der Waals surface area contributed by atoms with Gasteiger partial charge >= 0.3 is 5.97 Å². The lowest BCUT2D eigenvalue weighted by molar-refractivity contribution is -0.142. The van der Waals surface area contributed by atoms with Crippen LogP contribution in [0.1, 0.15) is 16.7 Å². The lowest BCUT2D eigenvalue weighted by Crippen LogP contribution is -2.03. The van der Waals surface area contributed by atoms with E-state index in [-0.39, 0.29) is 24.8 Å². The number of nitrogens with zero attached hydrogens (tertiary/aromatic N) is 1. The van der Waals surface area contributed by atoms with E-state index in [2.05, 4.69) is 9.99 Å². The highest BCUT2D eigenvalue weighted by atomic mass is 19.1. The molecule has 0 radical (unpaired) electrons. The number of ether oxygens (including phenoxy) is 2. The zero-order valence-electron chi connectivity index (χ0n) is 16.3. The smallest absolute Gasteiger partial charge is 0.344 e. The van der Waals surface area contributed by atoms with E-state index in [1.807, 2.05) is 0 Å². The number of carboxylic acids is 1. The molecule has 0 spiro atoms. The van der Waals surface area contributed by atoms with E-state index in [0.717, 1.165) is 11.1 Å². The predicted octanol–water partition coefficient (Wildman–Crippen LogP) is 4.56. The number of carboxylic acid groups (broad SMARTS) is 1. The molecule has 160 valence electrons. The van der Waals surface area contributed by atoms with E-state index in [9.17, 15) is 13.6 Å². The summed E-state index contributed by atoms with van der Waals surface area (Å²) in [6.07, 6.45) is 1.33. The third kappa shape index (κ3) is 7.43. The van der Waals surface area contributed by atoms with Gasteiger partial charge in [0.1, 0.15) is 36.3 Å². The number of hydrogen-bond acceptors (Lipinski definition) is 5. The summed E-state index contributed by atoms with van der Waals surface area (Å²) in [6, 6.07) is 16.9. The molecule has 0 saturated heterocycles. The van der Waals surface area contributed by atoms with E-state index >= 15 is 0 Å². The van der Waals surface area contributed by atoms with Crippen LogP contribution >= 0.6 is 0 Å². The van der Waals surface area contributed by atoms with Gasteiger partial charge in [-0.2, -0.15) is 0 Å². The highest BCUT2D eigenvalue weighted by Gasteiger charge is 2.05. The summed E-state index contributed by atoms with van der Waals surface area (Å²) in [5.74, 6) is -0.891. The zero-order chi connectivity index (χ0) is 22.1. The van der Waals surface area contributed by atoms with Crippen LogP contribution in [0.5, 0.6) is 11.5 Å². The Bertz CT molecular complexity index is 969. The molecule has 6 nitrogen and oxygen atoms in total. The summed E-state index contributed by atoms with van der Waals surface area (Å²) in [6.45, 7) is -0.160. The van der Waals surface area contributed by atoms with Crippen LogP contribution in [0.3, 0.4) is 0 Å². The van der Waals surface area contributed by atoms with E-state index in [0.29, 0.717) is 17.1 Å². The second-order valence-electron chi connectivity index (χ2n) is 6.47. The maximum absolute atomic E-state index is 13.1. The summed E-state index contributed by atoms with van der Waals surface area (Å²) in [7, 11) is 0. The summed E-state index contributed by atoms with van der Waals surface area (Å²) in [5.41, 5.74) is 2.11. The molecular formula is C23H19F2NO5. The molecule has 3 rings (SSSR count). The van der Waals surface area contributed by atoms with Crippen molar-refractivity contribution in [3.05, 3.63) is 95.1 Å². The number of halogens is 2. The molecule has 0 saturated carbocycles. The zero-order valence-corrected chi connectivity index (χ0v) is 16.3. The Morgan fingerprint density at radius 1 is 0.839 bits per heavy atom. The molecule has 0 aliphatic heterocycles. The van der Waals surface area contributed by atoms with Crippen LogP contribution in [0.4, 0.5) is 8.78 Å². The van der Waals surface area contributed by atoms with Crippen molar-refractivity contribution in [3.8, 4) is 11.5 Å². The van der Waals surface area contributed by atoms with Crippen molar-refractivity contribution in [1.82, 2.24) is 0 Å². The van der Waals surface area contributed by atoms with Gasteiger partial charge in [-0.3, -0.25) is 0 Å². The molecule has 1 N–H and O–H groups in total. The summed E-state index contributed by atoms with van der Waals surface area (Å²) in [4.78, 5) is 15.2. The fourth-order valence-corrected chi connectivity index (χ4v) is 2.52. The van der Waals surface area contributed by atoms with Crippen molar-refractivity contribution in [3.63, 3.8) is 0 Å². The minimum atomic E-state index is -1.14. The molecule has 8 heteroatoms. The first kappa shape index (κ1) is 21.8. The molecule has 0 bridgehead atoms. The van der Waals surface area contributed by atoms with Crippen LogP contribution in [0.15, 0.2) is 71.9 Å². The van der Waals surface area contributed by atoms with E-state index < -0.39 is 12.6 Å². The minimum Gasteiger partial charge on any atom is -0.489 e. The van der Waals surface area contributed by atoms with Crippen LogP contribution in [0.2, 0.25) is 0 Å². The van der Waals surface area contributed by atoms with Crippen LogP contribution in [0.25, 0.3) is 0 Å². The topological polar surface area (TPSA) is 77.4 Å². The van der Waals surface area contributed by atoms with Crippen LogP contribution in [0, 0.1) is 11.6 Å². The average molecular weight is 427 g/mol. The highest BCUT2D eigenvalue weighted by molar-refractivity contribution is 5.80. The molecule has 0 aliphatic carbocycles. The number of carbonyl (C=O) groups is 1. The first-order valence-electron chi connectivity index (χ1n) is 9.24. The van der Waals surface area contributed by atoms with Gasteiger partial charge in [-0.25, -0.2) is 13.6 Å². The van der Waals surface area contributed by atoms with Gasteiger partial charge in [0.15, 0.2) is 0 Å². The standard InChI is InChI=1S/C23H19F2NO5/c24-19-5-1-16(2-6-19)13-29-21-9-18(12-26-31-15-23(27)28)10-22(11-21)30-14-17-3-7-20(25)8-4-17/h1-12H,13-15H2,(H,27,28). The van der Waals surface area contributed by atoms with E-state index in [4.69, 9.17) is 14.6 Å². The van der Waals surface area contributed by atoms with Crippen molar-refractivity contribution in [1.29, 1.82) is 0 Å². The van der Waals surface area contributed by atoms with Crippen molar-refractivity contribution in [2.24, 2.45) is 5.16 Å². The SMILES string of the molecule is O=C(O)CON=Cc1cc(OCc2ccc(F)cc2)cc(OCc2ccc(F)cc2)c1. The van der Waals surface area contributed by atoms with Crippen molar-refractivity contribution in [2.75, 3.05) is 6.61 Å². The number of oxime groups is 1. The van der Waals surface area contributed by atoms with Crippen molar-refractivity contribution in [2.45, 2.75) is 13.2 Å². The van der Waals surface area contributed by atoms with Crippen molar-refractivity contribution >= 4 is 12.2 Å². The Kier molecular flexibility index (Phi) is 7.53. The van der Waals surface area contributed by atoms with Gasteiger partial charge in [-0.15, -0.1) is 0 Å². The molecule has 0 aromatic heterocycles. The molecule has 0 heterocycles. The van der Waals surface area contributed by atoms with Crippen LogP contribution in [-0.2, 0) is 22.8 Å². The normalized spacial score (nSPS) is 10.8. The Morgan fingerprint density at radius 3 is 1.77 bits per heavy atom. The second kappa shape index (κ2) is 10.7. The van der Waals surface area contributed by atoms with Crippen LogP contribution < -0.4 is 9.47 Å². The summed E-state index contributed by atoms with van der Waals surface area (Å²) < 4.78 is 37.7. The Balaban J connectivity index is 1.72. The Hall–Kier alpha value is -3.94. The monoisotopic (exact) mass is 427 g/mol. The molecule has 0 aliphatic rings. The number of hydrogen-bond donors (Lipinski definition) is 1. The van der Waals surface area contributed by atoms with Crippen LogP contribution in [-0.4, -0.2) is 23.9 Å². The molecule has 31 heavy (non-hydrogen) atoms. The average Bonchev–Trinajstić information content (AvgIpc) is 2.76. The van der Waals surface area contributed by atoms with Gasteiger partial charge in [0.25, 0.3) is 0 Å². The number of rotatable bonds is 10. The predicted molar refractivity (Wildman–Crippen MR) is 109 cm³/mol. The molecule has 0 unspecified atom stereocenters. The Morgan fingerprint density at radius 2 is 1.32 bits per heavy atom. The second-order valence-corrected chi connectivity index (χ2v) is 6.47. The van der Waals surface area contributed by atoms with E-state index in [1.54, 1.807) is 42.5 Å². The molecule has 0 fully saturated rings. The number of aliphatic carboxylic acids is 1. The number of benzene rings is 3. The lowest BCUT2D eigenvalue weighted by atomic mass is 10.2. The van der Waals surface area contributed by atoms with Crippen molar-refractivity contribution < 1.29 is 33.0 Å². The summed E-state index contributed by atoms with van der Waals surface area (Å²) >= 11 is 0. The fraction of sp³-hybridized carbons (Fsp3) is 0.130. The molecular weight excluding hydrogens is 408 g/mol. The quantitative estimate of drug-likeness (QED) is 0.379. The molecule has 0 atom stereocenters.